The fraction of sp³-hybridized carbons (Fsp3) is 0.0377. The van der Waals surface area contributed by atoms with Crippen LogP contribution in [-0.2, 0) is 0 Å². The van der Waals surface area contributed by atoms with Gasteiger partial charge in [-0.05, 0) is 96.8 Å². The summed E-state index contributed by atoms with van der Waals surface area (Å²) in [4.78, 5) is 16.0. The van der Waals surface area contributed by atoms with Crippen molar-refractivity contribution in [3.05, 3.63) is 199 Å². The van der Waals surface area contributed by atoms with Crippen molar-refractivity contribution in [1.82, 2.24) is 24.1 Å². The maximum absolute atomic E-state index is 5.42. The Kier molecular flexibility index (Phi) is 7.86. The van der Waals surface area contributed by atoms with Gasteiger partial charge in [-0.25, -0.2) is 4.98 Å². The number of aromatic nitrogens is 5. The van der Waals surface area contributed by atoms with Gasteiger partial charge in [0.2, 0.25) is 5.95 Å². The van der Waals surface area contributed by atoms with Gasteiger partial charge in [-0.3, -0.25) is 4.57 Å². The summed E-state index contributed by atoms with van der Waals surface area (Å²) in [6.07, 6.45) is 0. The van der Waals surface area contributed by atoms with Crippen LogP contribution < -0.4 is 0 Å². The van der Waals surface area contributed by atoms with E-state index in [0.717, 1.165) is 60.8 Å². The van der Waals surface area contributed by atoms with E-state index in [1.807, 2.05) is 18.2 Å². The van der Waals surface area contributed by atoms with E-state index in [-0.39, 0.29) is 0 Å². The minimum Gasteiger partial charge on any atom is -0.309 e. The monoisotopic (exact) mass is 743 g/mol. The highest BCUT2D eigenvalue weighted by molar-refractivity contribution is 6.12. The first-order chi connectivity index (χ1) is 28.6. The van der Waals surface area contributed by atoms with Gasteiger partial charge in [0.05, 0.1) is 27.8 Å². The van der Waals surface area contributed by atoms with Crippen molar-refractivity contribution in [1.29, 1.82) is 0 Å². The van der Waals surface area contributed by atoms with Gasteiger partial charge in [-0.1, -0.05) is 139 Å². The van der Waals surface area contributed by atoms with E-state index in [1.165, 1.54) is 33.0 Å². The van der Waals surface area contributed by atoms with Crippen LogP contribution in [-0.4, -0.2) is 24.1 Å². The molecule has 0 aliphatic carbocycles. The van der Waals surface area contributed by atoms with Gasteiger partial charge in [0.1, 0.15) is 0 Å². The Bertz CT molecular complexity index is 3190. The van der Waals surface area contributed by atoms with Gasteiger partial charge in [0.15, 0.2) is 11.6 Å². The number of fused-ring (bicyclic) bond motifs is 6. The zero-order valence-electron chi connectivity index (χ0n) is 32.1. The van der Waals surface area contributed by atoms with E-state index in [1.54, 1.807) is 0 Å². The molecule has 0 saturated carbocycles. The number of benzene rings is 8. The lowest BCUT2D eigenvalue weighted by Gasteiger charge is -2.15. The summed E-state index contributed by atoms with van der Waals surface area (Å²) >= 11 is 0. The standard InChI is InChI=1S/C53H37N5/c1-34-22-26-47-42(30-34)43-31-35(2)23-27-48(43)57(47)46-21-13-12-20-41(46)52-54-51(38-18-10-5-11-19-38)55-53(56-52)58-49-28-24-39(36-14-6-3-7-15-36)32-44(49)45-33-40(25-29-50(45)58)37-16-8-4-9-17-37/h3-33H,1-2H3. The molecule has 0 radical (unpaired) electrons. The van der Waals surface area contributed by atoms with Crippen LogP contribution in [0.4, 0.5) is 0 Å². The molecule has 0 aliphatic rings. The second kappa shape index (κ2) is 13.5. The SMILES string of the molecule is Cc1ccc2c(c1)c1cc(C)ccc1n2-c1ccccc1-c1nc(-c2ccccc2)nc(-n2c3ccc(-c4ccccc4)cc3c3cc(-c4ccccc4)ccc32)n1. The highest BCUT2D eigenvalue weighted by atomic mass is 15.2. The molecule has 0 fully saturated rings. The number of rotatable bonds is 6. The average molecular weight is 744 g/mol. The van der Waals surface area contributed by atoms with Crippen LogP contribution in [0.3, 0.4) is 0 Å². The fourth-order valence-corrected chi connectivity index (χ4v) is 8.53. The molecule has 3 aromatic heterocycles. The molecule has 0 aliphatic heterocycles. The van der Waals surface area contributed by atoms with Crippen molar-refractivity contribution >= 4 is 43.6 Å². The van der Waals surface area contributed by atoms with Crippen LogP contribution in [0.5, 0.6) is 0 Å². The number of hydrogen-bond donors (Lipinski definition) is 0. The van der Waals surface area contributed by atoms with Crippen molar-refractivity contribution in [2.45, 2.75) is 13.8 Å². The molecular weight excluding hydrogens is 707 g/mol. The van der Waals surface area contributed by atoms with E-state index in [4.69, 9.17) is 15.0 Å². The topological polar surface area (TPSA) is 48.5 Å². The third kappa shape index (κ3) is 5.59. The molecule has 5 nitrogen and oxygen atoms in total. The van der Waals surface area contributed by atoms with E-state index in [0.29, 0.717) is 17.6 Å². The molecule has 0 unspecified atom stereocenters. The number of para-hydroxylation sites is 1. The maximum atomic E-state index is 5.42. The summed E-state index contributed by atoms with van der Waals surface area (Å²) in [6.45, 7) is 4.31. The molecule has 3 heterocycles. The first kappa shape index (κ1) is 33.7. The van der Waals surface area contributed by atoms with Gasteiger partial charge in [0, 0.05) is 32.7 Å². The second-order valence-electron chi connectivity index (χ2n) is 15.1. The lowest BCUT2D eigenvalue weighted by Crippen LogP contribution is -2.07. The Balaban J connectivity index is 1.19. The number of nitrogens with zero attached hydrogens (tertiary/aromatic N) is 5. The fourth-order valence-electron chi connectivity index (χ4n) is 8.53. The van der Waals surface area contributed by atoms with Gasteiger partial charge < -0.3 is 4.57 Å². The molecule has 0 amide bonds. The Morgan fingerprint density at radius 3 is 1.31 bits per heavy atom. The average Bonchev–Trinajstić information content (AvgIpc) is 3.78. The van der Waals surface area contributed by atoms with Crippen molar-refractivity contribution in [2.24, 2.45) is 0 Å². The van der Waals surface area contributed by atoms with Crippen molar-refractivity contribution in [3.63, 3.8) is 0 Å². The number of hydrogen-bond acceptors (Lipinski definition) is 3. The predicted molar refractivity (Wildman–Crippen MR) is 240 cm³/mol. The summed E-state index contributed by atoms with van der Waals surface area (Å²) in [5.41, 5.74) is 14.3. The van der Waals surface area contributed by atoms with Crippen LogP contribution in [0.15, 0.2) is 188 Å². The Morgan fingerprint density at radius 2 is 0.759 bits per heavy atom. The van der Waals surface area contributed by atoms with E-state index in [9.17, 15) is 0 Å². The van der Waals surface area contributed by atoms with E-state index >= 15 is 0 Å². The lowest BCUT2D eigenvalue weighted by atomic mass is 10.0. The van der Waals surface area contributed by atoms with Gasteiger partial charge >= 0.3 is 0 Å². The molecule has 5 heteroatoms. The minimum absolute atomic E-state index is 0.562. The molecule has 58 heavy (non-hydrogen) atoms. The van der Waals surface area contributed by atoms with Crippen LogP contribution in [0.25, 0.3) is 100 Å². The normalized spacial score (nSPS) is 11.6. The molecular formula is C53H37N5. The zero-order valence-corrected chi connectivity index (χ0v) is 32.1. The Morgan fingerprint density at radius 1 is 0.328 bits per heavy atom. The van der Waals surface area contributed by atoms with E-state index < -0.39 is 0 Å². The van der Waals surface area contributed by atoms with Crippen LogP contribution in [0.2, 0.25) is 0 Å². The lowest BCUT2D eigenvalue weighted by molar-refractivity contribution is 0.951. The minimum atomic E-state index is 0.562. The molecule has 11 aromatic rings. The molecule has 0 bridgehead atoms. The smallest absolute Gasteiger partial charge is 0.238 e. The van der Waals surface area contributed by atoms with Crippen molar-refractivity contribution < 1.29 is 0 Å². The quantitative estimate of drug-likeness (QED) is 0.170. The summed E-state index contributed by atoms with van der Waals surface area (Å²) in [5, 5.41) is 4.72. The first-order valence-corrected chi connectivity index (χ1v) is 19.7. The maximum Gasteiger partial charge on any atom is 0.238 e. The Labute approximate surface area is 336 Å². The van der Waals surface area contributed by atoms with Crippen LogP contribution >= 0.6 is 0 Å². The van der Waals surface area contributed by atoms with Gasteiger partial charge in [-0.2, -0.15) is 9.97 Å². The molecule has 0 atom stereocenters. The summed E-state index contributed by atoms with van der Waals surface area (Å²) in [7, 11) is 0. The Hall–Kier alpha value is -7.63. The molecule has 274 valence electrons. The predicted octanol–water partition coefficient (Wildman–Crippen LogP) is 13.4. The highest BCUT2D eigenvalue weighted by Gasteiger charge is 2.22. The number of aryl methyl sites for hydroxylation is 2. The first-order valence-electron chi connectivity index (χ1n) is 19.7. The third-order valence-corrected chi connectivity index (χ3v) is 11.3. The van der Waals surface area contributed by atoms with Gasteiger partial charge in [-0.15, -0.1) is 0 Å². The van der Waals surface area contributed by atoms with Crippen LogP contribution in [0, 0.1) is 13.8 Å². The summed E-state index contributed by atoms with van der Waals surface area (Å²) < 4.78 is 4.57. The van der Waals surface area contributed by atoms with Gasteiger partial charge in [0.25, 0.3) is 0 Å². The molecule has 8 aromatic carbocycles. The van der Waals surface area contributed by atoms with E-state index in [2.05, 4.69) is 193 Å². The summed E-state index contributed by atoms with van der Waals surface area (Å²) in [6, 6.07) is 66.7. The van der Waals surface area contributed by atoms with Crippen molar-refractivity contribution in [3.8, 4) is 56.7 Å². The molecule has 0 saturated heterocycles. The van der Waals surface area contributed by atoms with Crippen molar-refractivity contribution in [2.75, 3.05) is 0 Å². The largest absolute Gasteiger partial charge is 0.309 e. The second-order valence-corrected chi connectivity index (χ2v) is 15.1. The summed E-state index contributed by atoms with van der Waals surface area (Å²) in [5.74, 6) is 1.78. The highest BCUT2D eigenvalue weighted by Crippen LogP contribution is 2.39. The molecule has 11 rings (SSSR count). The van der Waals surface area contributed by atoms with Crippen LogP contribution in [0.1, 0.15) is 11.1 Å². The molecule has 0 N–H and O–H groups in total. The molecule has 0 spiro atoms. The zero-order chi connectivity index (χ0) is 38.7. The third-order valence-electron chi connectivity index (χ3n) is 11.3.